The zero-order chi connectivity index (χ0) is 25.5. The van der Waals surface area contributed by atoms with E-state index in [2.05, 4.69) is 52.6 Å². The molecule has 0 N–H and O–H groups in total. The van der Waals surface area contributed by atoms with Gasteiger partial charge in [-0.3, -0.25) is 6.08 Å². The van der Waals surface area contributed by atoms with Crippen LogP contribution < -0.4 is 0 Å². The van der Waals surface area contributed by atoms with Crippen molar-refractivity contribution in [3.63, 3.8) is 0 Å². The van der Waals surface area contributed by atoms with Gasteiger partial charge in [-0.05, 0) is 6.42 Å². The minimum atomic E-state index is -0.915. The molecule has 2 aliphatic carbocycles. The van der Waals surface area contributed by atoms with Gasteiger partial charge < -0.3 is 0 Å². The molecule has 0 heterocycles. The van der Waals surface area contributed by atoms with Gasteiger partial charge in [-0.15, -0.1) is 36.4 Å². The summed E-state index contributed by atoms with van der Waals surface area (Å²) in [4.78, 5) is 0. The zero-order valence-electron chi connectivity index (χ0n) is 22.5. The van der Waals surface area contributed by atoms with Crippen LogP contribution in [-0.2, 0) is 21.7 Å². The first-order chi connectivity index (χ1) is 16.7. The summed E-state index contributed by atoms with van der Waals surface area (Å²) in [5.41, 5.74) is 6.60. The van der Waals surface area contributed by atoms with E-state index in [1.807, 2.05) is 91.0 Å². The third-order valence-electron chi connectivity index (χ3n) is 5.78. The van der Waals surface area contributed by atoms with Crippen LogP contribution in [0.25, 0.3) is 0 Å². The fraction of sp³-hybridized carbons (Fsp3) is 0.265. The van der Waals surface area contributed by atoms with Crippen LogP contribution in [0.3, 0.4) is 0 Å². The van der Waals surface area contributed by atoms with Crippen molar-refractivity contribution in [2.75, 3.05) is 0 Å². The summed E-state index contributed by atoms with van der Waals surface area (Å²) in [5.74, 6) is 0.706. The zero-order valence-corrected chi connectivity index (χ0v) is 25.0. The van der Waals surface area contributed by atoms with Gasteiger partial charge in [0.15, 0.2) is 0 Å². The van der Waals surface area contributed by atoms with Crippen LogP contribution in [0.2, 0.25) is 25.7 Å². The van der Waals surface area contributed by atoms with Crippen molar-refractivity contribution in [3.05, 3.63) is 152 Å². The number of benzene rings is 3. The second-order valence-corrected chi connectivity index (χ2v) is 15.9. The maximum atomic E-state index is 3.72. The predicted molar refractivity (Wildman–Crippen MR) is 158 cm³/mol. The fourth-order valence-electron chi connectivity index (χ4n) is 4.05. The molecule has 0 fully saturated rings. The van der Waals surface area contributed by atoms with Gasteiger partial charge in [-0.2, -0.15) is 85.0 Å². The topological polar surface area (TPSA) is 0 Å². The van der Waals surface area contributed by atoms with Crippen LogP contribution in [0.5, 0.6) is 0 Å². The van der Waals surface area contributed by atoms with Crippen LogP contribution in [0.15, 0.2) is 108 Å². The van der Waals surface area contributed by atoms with Gasteiger partial charge in [-0.25, -0.2) is 6.08 Å². The molecule has 0 amide bonds. The summed E-state index contributed by atoms with van der Waals surface area (Å²) >= 11 is 0. The van der Waals surface area contributed by atoms with Gasteiger partial charge in [0.1, 0.15) is 0 Å². The molecule has 3 aromatic rings. The molecule has 0 saturated heterocycles. The van der Waals surface area contributed by atoms with Gasteiger partial charge >= 0.3 is 21.7 Å². The van der Waals surface area contributed by atoms with E-state index < -0.39 is 8.07 Å². The minimum absolute atomic E-state index is 0. The normalized spacial score (nSPS) is 15.5. The van der Waals surface area contributed by atoms with E-state index in [1.54, 1.807) is 11.1 Å². The molecule has 0 aromatic heterocycles. The van der Waals surface area contributed by atoms with Crippen molar-refractivity contribution in [3.8, 4) is 0 Å². The van der Waals surface area contributed by atoms with E-state index in [4.69, 9.17) is 0 Å². The van der Waals surface area contributed by atoms with E-state index in [-0.39, 0.29) is 21.7 Å². The monoisotopic (exact) mass is 526 g/mol. The molecule has 2 heteroatoms. The van der Waals surface area contributed by atoms with Crippen molar-refractivity contribution in [2.45, 2.75) is 51.4 Å². The summed E-state index contributed by atoms with van der Waals surface area (Å²) < 4.78 is 0. The summed E-state index contributed by atoms with van der Waals surface area (Å²) in [5, 5.41) is 0. The number of allylic oxidation sites excluding steroid dienone is 4. The van der Waals surface area contributed by atoms with Crippen LogP contribution in [0.1, 0.15) is 42.4 Å². The largest absolute Gasteiger partial charge is 4.00 e. The first-order valence-electron chi connectivity index (χ1n) is 12.7. The molecule has 0 saturated carbocycles. The average molecular weight is 527 g/mol. The van der Waals surface area contributed by atoms with E-state index in [0.29, 0.717) is 5.92 Å². The standard InChI is InChI=1S/C13H21Si.3C7H7.Ti/c1-14(2,3)10-12-9-8-11-6-4-5-7-13(11)12;3*1-7-5-3-2-4-6-7;/h8,12H,4-7,10H2,1-3H3;3*2-6H,1H2;/q4*-1;+4. The maximum Gasteiger partial charge on any atom is 4.00 e. The van der Waals surface area contributed by atoms with E-state index >= 15 is 0 Å². The molecule has 186 valence electrons. The summed E-state index contributed by atoms with van der Waals surface area (Å²) in [7, 11) is -0.915. The Bertz CT molecular complexity index is 926. The molecule has 36 heavy (non-hydrogen) atoms. The minimum Gasteiger partial charge on any atom is -0.269 e. The molecule has 5 rings (SSSR count). The van der Waals surface area contributed by atoms with E-state index in [9.17, 15) is 0 Å². The second-order valence-electron chi connectivity index (χ2n) is 10.3. The first kappa shape index (κ1) is 31.7. The second kappa shape index (κ2) is 17.2. The molecule has 0 radical (unpaired) electrons. The summed E-state index contributed by atoms with van der Waals surface area (Å²) in [6.45, 7) is 18.6. The van der Waals surface area contributed by atoms with Crippen LogP contribution in [0, 0.1) is 32.8 Å². The average Bonchev–Trinajstić information content (AvgIpc) is 3.23. The SMILES string of the molecule is C[Si](C)(C)CC1[C-]=CC2=C1CCCC2.[CH2-]c1ccccc1.[CH2-]c1ccccc1.[CH2-]c1ccccc1.[Ti+4]. The van der Waals surface area contributed by atoms with Crippen molar-refractivity contribution in [2.24, 2.45) is 5.92 Å². The van der Waals surface area contributed by atoms with Crippen molar-refractivity contribution >= 4 is 8.07 Å². The Morgan fingerprint density at radius 1 is 0.667 bits per heavy atom. The Hall–Kier alpha value is -2.32. The third kappa shape index (κ3) is 13.7. The molecular formula is C34H42SiTi. The van der Waals surface area contributed by atoms with Gasteiger partial charge in [0.2, 0.25) is 0 Å². The molecule has 0 aliphatic heterocycles. The number of hydrogen-bond acceptors (Lipinski definition) is 0. The Labute approximate surface area is 237 Å². The van der Waals surface area contributed by atoms with Crippen LogP contribution >= 0.6 is 0 Å². The first-order valence-corrected chi connectivity index (χ1v) is 16.4. The van der Waals surface area contributed by atoms with E-state index in [0.717, 1.165) is 16.7 Å². The Morgan fingerprint density at radius 3 is 1.39 bits per heavy atom. The number of rotatable bonds is 2. The van der Waals surface area contributed by atoms with Crippen molar-refractivity contribution < 1.29 is 21.7 Å². The van der Waals surface area contributed by atoms with Gasteiger partial charge in [0, 0.05) is 8.07 Å². The molecule has 2 aliphatic rings. The van der Waals surface area contributed by atoms with Gasteiger partial charge in [0.05, 0.1) is 0 Å². The van der Waals surface area contributed by atoms with Crippen molar-refractivity contribution in [1.29, 1.82) is 0 Å². The Kier molecular flexibility index (Phi) is 15.1. The maximum absolute atomic E-state index is 3.72. The quantitative estimate of drug-likeness (QED) is 0.230. The smallest absolute Gasteiger partial charge is 0.269 e. The molecule has 1 unspecified atom stereocenters. The molecule has 0 spiro atoms. The molecular weight excluding hydrogens is 484 g/mol. The third-order valence-corrected chi connectivity index (χ3v) is 7.41. The van der Waals surface area contributed by atoms with Crippen LogP contribution in [-0.4, -0.2) is 8.07 Å². The molecule has 0 bridgehead atoms. The molecule has 3 aromatic carbocycles. The summed E-state index contributed by atoms with van der Waals surface area (Å²) in [6, 6.07) is 31.0. The predicted octanol–water partition coefficient (Wildman–Crippen LogP) is 9.79. The molecule has 1 atom stereocenters. The summed E-state index contributed by atoms with van der Waals surface area (Å²) in [6.07, 6.45) is 11.4. The van der Waals surface area contributed by atoms with Gasteiger partial charge in [0.25, 0.3) is 0 Å². The Balaban J connectivity index is 0.000000253. The van der Waals surface area contributed by atoms with Crippen LogP contribution in [0.4, 0.5) is 0 Å². The Morgan fingerprint density at radius 2 is 1.06 bits per heavy atom. The van der Waals surface area contributed by atoms with Crippen molar-refractivity contribution in [1.82, 2.24) is 0 Å². The number of hydrogen-bond donors (Lipinski definition) is 0. The van der Waals surface area contributed by atoms with Gasteiger partial charge in [-0.1, -0.05) is 69.1 Å². The fourth-order valence-corrected chi connectivity index (χ4v) is 5.63. The van der Waals surface area contributed by atoms with E-state index in [1.165, 1.54) is 31.7 Å². The molecule has 0 nitrogen and oxygen atoms in total.